The summed E-state index contributed by atoms with van der Waals surface area (Å²) in [5, 5.41) is 10.7. The Labute approximate surface area is 155 Å². The van der Waals surface area contributed by atoms with Gasteiger partial charge in [-0.15, -0.1) is 0 Å². The van der Waals surface area contributed by atoms with E-state index in [9.17, 15) is 0 Å². The first-order valence-corrected chi connectivity index (χ1v) is 12.7. The molecule has 0 aliphatic carbocycles. The summed E-state index contributed by atoms with van der Waals surface area (Å²) in [6.45, 7) is 7.24. The van der Waals surface area contributed by atoms with E-state index < -0.39 is 8.07 Å². The smallest absolute Gasteiger partial charge is 0.404 e. The zero-order valence-electron chi connectivity index (χ0n) is 15.1. The van der Waals surface area contributed by atoms with Crippen LogP contribution in [0.4, 0.5) is 5.69 Å². The number of benzene rings is 1. The van der Waals surface area contributed by atoms with Crippen molar-refractivity contribution in [1.82, 2.24) is 9.69 Å². The maximum absolute atomic E-state index is 4.67. The van der Waals surface area contributed by atoms with E-state index in [1.54, 1.807) is 4.50 Å². The summed E-state index contributed by atoms with van der Waals surface area (Å²) in [4.78, 5) is 0. The highest BCUT2D eigenvalue weighted by Gasteiger charge is 2.39. The summed E-state index contributed by atoms with van der Waals surface area (Å²) in [5.41, 5.74) is 5.07. The van der Waals surface area contributed by atoms with Crippen molar-refractivity contribution < 1.29 is 0 Å². The zero-order valence-corrected chi connectivity index (χ0v) is 16.9. The van der Waals surface area contributed by atoms with Crippen LogP contribution in [0.5, 0.6) is 0 Å². The highest BCUT2D eigenvalue weighted by molar-refractivity contribution is 7.28. The van der Waals surface area contributed by atoms with Crippen LogP contribution in [0.25, 0.3) is 11.3 Å². The first kappa shape index (κ1) is 16.7. The molecule has 0 saturated heterocycles. The number of nitrogens with one attached hydrogen (secondary N) is 1. The fourth-order valence-electron chi connectivity index (χ4n) is 4.18. The minimum absolute atomic E-state index is 0.0951. The predicted molar refractivity (Wildman–Crippen MR) is 113 cm³/mol. The quantitative estimate of drug-likeness (QED) is 0.693. The molecule has 6 heteroatoms. The van der Waals surface area contributed by atoms with Crippen LogP contribution in [0.1, 0.15) is 20.8 Å². The molecule has 3 heterocycles. The Balaban J connectivity index is 1.85. The number of rotatable bonds is 5. The van der Waals surface area contributed by atoms with E-state index >= 15 is 0 Å². The van der Waals surface area contributed by atoms with E-state index in [1.165, 1.54) is 40.5 Å². The van der Waals surface area contributed by atoms with Crippen LogP contribution in [0.2, 0.25) is 18.1 Å². The zero-order chi connectivity index (χ0) is 17.4. The number of hydrogen-bond donors (Lipinski definition) is 1. The van der Waals surface area contributed by atoms with Gasteiger partial charge in [-0.2, -0.15) is 16.4 Å². The Morgan fingerprint density at radius 1 is 1.08 bits per heavy atom. The van der Waals surface area contributed by atoms with Gasteiger partial charge in [0.1, 0.15) is 0 Å². The lowest BCUT2D eigenvalue weighted by atomic mass is 9.67. The molecular formula is C19H24BN3SSi. The number of thiophene rings is 1. The molecular weight excluding hydrogens is 341 g/mol. The van der Waals surface area contributed by atoms with Gasteiger partial charge in [-0.25, -0.2) is 0 Å². The molecule has 4 rings (SSSR count). The number of aromatic nitrogens is 2. The normalized spacial score (nSPS) is 13.3. The third-order valence-corrected chi connectivity index (χ3v) is 13.6. The average Bonchev–Trinajstić information content (AvgIpc) is 3.33. The van der Waals surface area contributed by atoms with Crippen molar-refractivity contribution in [2.45, 2.75) is 38.9 Å². The van der Waals surface area contributed by atoms with Crippen LogP contribution >= 0.6 is 11.3 Å². The van der Waals surface area contributed by atoms with E-state index in [2.05, 4.69) is 77.5 Å². The lowest BCUT2D eigenvalue weighted by Crippen LogP contribution is -2.60. The molecule has 0 amide bonds. The van der Waals surface area contributed by atoms with E-state index in [0.717, 1.165) is 0 Å². The standard InChI is InChI=1S/C19H24BN3SSi/c1-4-25(5-2,6-3)19-16(12-14-24-19)20-22-17-10-8-7-9-15(17)18-11-13-21-23(18)20/h7-14,22H,4-6H2,1-3H3. The highest BCUT2D eigenvalue weighted by atomic mass is 32.1. The number of nitrogens with zero attached hydrogens (tertiary/aromatic N) is 2. The third kappa shape index (κ3) is 2.50. The summed E-state index contributed by atoms with van der Waals surface area (Å²) < 4.78 is 3.81. The molecule has 0 fully saturated rings. The topological polar surface area (TPSA) is 29.9 Å². The second-order valence-corrected chi connectivity index (χ2v) is 13.3. The molecule has 25 heavy (non-hydrogen) atoms. The second kappa shape index (κ2) is 6.50. The molecule has 0 saturated carbocycles. The van der Waals surface area contributed by atoms with E-state index in [4.69, 9.17) is 0 Å². The van der Waals surface area contributed by atoms with Gasteiger partial charge in [0, 0.05) is 17.4 Å². The Hall–Kier alpha value is -1.79. The highest BCUT2D eigenvalue weighted by Crippen LogP contribution is 2.32. The minimum Gasteiger partial charge on any atom is -0.404 e. The first-order valence-electron chi connectivity index (χ1n) is 9.21. The van der Waals surface area contributed by atoms with Crippen molar-refractivity contribution in [3.05, 3.63) is 48.0 Å². The van der Waals surface area contributed by atoms with Crippen molar-refractivity contribution in [3.63, 3.8) is 0 Å². The van der Waals surface area contributed by atoms with Gasteiger partial charge < -0.3 is 5.23 Å². The predicted octanol–water partition coefficient (Wildman–Crippen LogP) is 4.00. The number of hydrogen-bond acceptors (Lipinski definition) is 3. The van der Waals surface area contributed by atoms with Crippen LogP contribution < -0.4 is 15.2 Å². The first-order chi connectivity index (χ1) is 12.2. The minimum atomic E-state index is -1.42. The maximum atomic E-state index is 4.67. The fourth-order valence-corrected chi connectivity index (χ4v) is 10.6. The molecule has 1 N–H and O–H groups in total. The Bertz CT molecular complexity index is 876. The van der Waals surface area contributed by atoms with Crippen LogP contribution in [0, 0.1) is 0 Å². The molecule has 1 aromatic carbocycles. The summed E-state index contributed by atoms with van der Waals surface area (Å²) in [7, 11) is -1.42. The van der Waals surface area contributed by atoms with Crippen molar-refractivity contribution in [2.24, 2.45) is 0 Å². The summed E-state index contributed by atoms with van der Waals surface area (Å²) in [6, 6.07) is 16.9. The molecule has 0 unspecified atom stereocenters. The number of para-hydroxylation sites is 1. The molecule has 3 nitrogen and oxygen atoms in total. The van der Waals surface area contributed by atoms with E-state index in [0.29, 0.717) is 0 Å². The van der Waals surface area contributed by atoms with Crippen LogP contribution in [-0.2, 0) is 0 Å². The van der Waals surface area contributed by atoms with Crippen molar-refractivity contribution in [1.29, 1.82) is 0 Å². The molecule has 0 spiro atoms. The SMILES string of the molecule is CC[Si](CC)(CC)c1sccc1B1Nc2ccccc2-c2ccnn21. The third-order valence-electron chi connectivity index (χ3n) is 5.91. The Morgan fingerprint density at radius 2 is 1.84 bits per heavy atom. The van der Waals surface area contributed by atoms with Crippen LogP contribution in [-0.4, -0.2) is 24.7 Å². The molecule has 128 valence electrons. The Morgan fingerprint density at radius 3 is 2.60 bits per heavy atom. The van der Waals surface area contributed by atoms with Gasteiger partial charge in [0.2, 0.25) is 0 Å². The van der Waals surface area contributed by atoms with Crippen molar-refractivity contribution in [3.8, 4) is 11.3 Å². The molecule has 0 atom stereocenters. The maximum Gasteiger partial charge on any atom is 0.431 e. The van der Waals surface area contributed by atoms with Crippen LogP contribution in [0.3, 0.4) is 0 Å². The van der Waals surface area contributed by atoms with Gasteiger partial charge >= 0.3 is 6.98 Å². The van der Waals surface area contributed by atoms with Gasteiger partial charge in [-0.3, -0.25) is 4.59 Å². The molecule has 0 bridgehead atoms. The lowest BCUT2D eigenvalue weighted by molar-refractivity contribution is 0.964. The summed E-state index contributed by atoms with van der Waals surface area (Å²) in [5.74, 6) is 0. The van der Waals surface area contributed by atoms with Crippen molar-refractivity contribution >= 4 is 42.0 Å². The van der Waals surface area contributed by atoms with E-state index in [1.807, 2.05) is 17.5 Å². The van der Waals surface area contributed by atoms with Crippen LogP contribution in [0.15, 0.2) is 48.0 Å². The second-order valence-electron chi connectivity index (χ2n) is 6.80. The molecule has 2 aromatic heterocycles. The molecule has 1 aliphatic heterocycles. The fraction of sp³-hybridized carbons (Fsp3) is 0.316. The van der Waals surface area contributed by atoms with Gasteiger partial charge in [-0.1, -0.05) is 63.2 Å². The van der Waals surface area contributed by atoms with Crippen molar-refractivity contribution in [2.75, 3.05) is 5.23 Å². The van der Waals surface area contributed by atoms with Gasteiger partial charge in [0.05, 0.1) is 13.8 Å². The number of fused-ring (bicyclic) bond motifs is 3. The molecule has 0 radical (unpaired) electrons. The van der Waals surface area contributed by atoms with Gasteiger partial charge in [0.25, 0.3) is 0 Å². The van der Waals surface area contributed by atoms with Gasteiger partial charge in [-0.05, 0) is 27.5 Å². The summed E-state index contributed by atoms with van der Waals surface area (Å²) >= 11 is 1.96. The van der Waals surface area contributed by atoms with Gasteiger partial charge in [0.15, 0.2) is 0 Å². The largest absolute Gasteiger partial charge is 0.431 e. The Kier molecular flexibility index (Phi) is 4.33. The monoisotopic (exact) mass is 365 g/mol. The molecule has 1 aliphatic rings. The summed E-state index contributed by atoms with van der Waals surface area (Å²) in [6.07, 6.45) is 1.92. The van der Waals surface area contributed by atoms with E-state index in [-0.39, 0.29) is 6.98 Å². The average molecular weight is 365 g/mol. The molecule has 3 aromatic rings. The number of anilines is 1. The lowest BCUT2D eigenvalue weighted by Gasteiger charge is -2.32.